The van der Waals surface area contributed by atoms with E-state index in [0.717, 1.165) is 55.0 Å². The number of aromatic amines is 2. The van der Waals surface area contributed by atoms with Crippen molar-refractivity contribution < 1.29 is 4.79 Å². The van der Waals surface area contributed by atoms with Crippen molar-refractivity contribution >= 4 is 17.7 Å². The van der Waals surface area contributed by atoms with Crippen LogP contribution in [-0.2, 0) is 4.79 Å². The van der Waals surface area contributed by atoms with Gasteiger partial charge >= 0.3 is 0 Å². The number of H-pyrrole nitrogens is 2. The molecule has 1 fully saturated rings. The average Bonchev–Trinajstić information content (AvgIpc) is 3.31. The molecule has 2 aromatic rings. The Kier molecular flexibility index (Phi) is 4.54. The van der Waals surface area contributed by atoms with E-state index in [2.05, 4.69) is 30.1 Å². The van der Waals surface area contributed by atoms with Crippen molar-refractivity contribution in [1.82, 2.24) is 19.9 Å². The monoisotopic (exact) mass is 338 g/mol. The highest BCUT2D eigenvalue weighted by molar-refractivity contribution is 6.09. The van der Waals surface area contributed by atoms with Crippen LogP contribution in [0.3, 0.4) is 0 Å². The molecule has 2 N–H and O–H groups in total. The van der Waals surface area contributed by atoms with Crippen molar-refractivity contribution in [2.24, 2.45) is 28.0 Å². The van der Waals surface area contributed by atoms with Gasteiger partial charge in [0.25, 0.3) is 0 Å². The Morgan fingerprint density at radius 3 is 2.32 bits per heavy atom. The Labute approximate surface area is 146 Å². The van der Waals surface area contributed by atoms with E-state index in [1.807, 2.05) is 6.20 Å². The van der Waals surface area contributed by atoms with E-state index in [1.165, 1.54) is 6.42 Å². The predicted octanol–water partition coefficient (Wildman–Crippen LogP) is 2.74. The second-order valence-corrected chi connectivity index (χ2v) is 6.78. The molecule has 7 heteroatoms. The fraction of sp³-hybridized carbons (Fsp3) is 0.500. The molecule has 2 aliphatic rings. The van der Waals surface area contributed by atoms with Gasteiger partial charge in [0.1, 0.15) is 17.7 Å². The molecule has 1 aliphatic carbocycles. The lowest BCUT2D eigenvalue weighted by Gasteiger charge is -2.37. The maximum Gasteiger partial charge on any atom is 0.153 e. The van der Waals surface area contributed by atoms with Crippen LogP contribution in [-0.4, -0.2) is 37.6 Å². The van der Waals surface area contributed by atoms with Gasteiger partial charge in [-0.1, -0.05) is 19.3 Å². The number of hydrogen-bond donors (Lipinski definition) is 2. The second-order valence-electron chi connectivity index (χ2n) is 6.78. The first-order valence-electron chi connectivity index (χ1n) is 8.97. The van der Waals surface area contributed by atoms with Crippen LogP contribution in [0.4, 0.5) is 0 Å². The molecule has 0 bridgehead atoms. The highest BCUT2D eigenvalue weighted by Crippen LogP contribution is 2.39. The van der Waals surface area contributed by atoms with Crippen LogP contribution >= 0.6 is 0 Å². The summed E-state index contributed by atoms with van der Waals surface area (Å²) in [5.74, 6) is 2.13. The number of aromatic nitrogens is 4. The number of aldehydes is 1. The minimum Gasteiger partial charge on any atom is -0.344 e. The lowest BCUT2D eigenvalue weighted by atomic mass is 9.69. The van der Waals surface area contributed by atoms with Gasteiger partial charge in [0.15, 0.2) is 11.6 Å². The Morgan fingerprint density at radius 2 is 1.64 bits per heavy atom. The maximum atomic E-state index is 11.3. The van der Waals surface area contributed by atoms with E-state index < -0.39 is 0 Å². The first-order valence-corrected chi connectivity index (χ1v) is 8.97. The van der Waals surface area contributed by atoms with Gasteiger partial charge in [0.2, 0.25) is 0 Å². The van der Waals surface area contributed by atoms with Gasteiger partial charge in [0.05, 0.1) is 0 Å². The summed E-state index contributed by atoms with van der Waals surface area (Å²) in [7, 11) is 0. The van der Waals surface area contributed by atoms with Crippen LogP contribution in [0.15, 0.2) is 35.0 Å². The predicted molar refractivity (Wildman–Crippen MR) is 94.5 cm³/mol. The molecule has 1 aliphatic heterocycles. The molecule has 0 radical (unpaired) electrons. The number of imidazole rings is 2. The summed E-state index contributed by atoms with van der Waals surface area (Å²) in [6, 6.07) is 0. The molecule has 3 heterocycles. The van der Waals surface area contributed by atoms with E-state index in [-0.39, 0.29) is 17.8 Å². The molecule has 1 saturated carbocycles. The zero-order chi connectivity index (χ0) is 17.1. The lowest BCUT2D eigenvalue weighted by molar-refractivity contribution is -0.109. The zero-order valence-corrected chi connectivity index (χ0v) is 14.1. The zero-order valence-electron chi connectivity index (χ0n) is 14.1. The van der Waals surface area contributed by atoms with Gasteiger partial charge in [-0.15, -0.1) is 0 Å². The molecule has 4 rings (SSSR count). The minimum atomic E-state index is 0.134. The molecule has 3 atom stereocenters. The minimum absolute atomic E-state index is 0.134. The van der Waals surface area contributed by atoms with Gasteiger partial charge in [-0.25, -0.2) is 9.97 Å². The Bertz CT molecular complexity index is 762. The maximum absolute atomic E-state index is 11.3. The average molecular weight is 338 g/mol. The third kappa shape index (κ3) is 3.06. The third-order valence-electron chi connectivity index (χ3n) is 5.34. The van der Waals surface area contributed by atoms with E-state index in [9.17, 15) is 4.79 Å². The molecule has 7 nitrogen and oxygen atoms in total. The van der Waals surface area contributed by atoms with Crippen molar-refractivity contribution in [3.63, 3.8) is 0 Å². The molecule has 3 unspecified atom stereocenters. The van der Waals surface area contributed by atoms with E-state index in [0.29, 0.717) is 6.42 Å². The van der Waals surface area contributed by atoms with Gasteiger partial charge in [0, 0.05) is 43.0 Å². The normalized spacial score (nSPS) is 26.8. The van der Waals surface area contributed by atoms with Crippen LogP contribution in [0, 0.1) is 17.8 Å². The number of nitrogens with zero attached hydrogens (tertiary/aromatic N) is 4. The summed E-state index contributed by atoms with van der Waals surface area (Å²) in [4.78, 5) is 26.5. The summed E-state index contributed by atoms with van der Waals surface area (Å²) in [6.45, 7) is 0. The third-order valence-corrected chi connectivity index (χ3v) is 5.34. The molecule has 2 aromatic heterocycles. The first-order chi connectivity index (χ1) is 12.4. The first kappa shape index (κ1) is 15.9. The quantitative estimate of drug-likeness (QED) is 0.838. The van der Waals surface area contributed by atoms with E-state index in [1.54, 1.807) is 18.6 Å². The fourth-order valence-electron chi connectivity index (χ4n) is 4.23. The highest BCUT2D eigenvalue weighted by Gasteiger charge is 2.41. The van der Waals surface area contributed by atoms with Crippen LogP contribution < -0.4 is 0 Å². The number of fused-ring (bicyclic) bond motifs is 1. The van der Waals surface area contributed by atoms with Crippen molar-refractivity contribution in [2.75, 3.05) is 0 Å². The van der Waals surface area contributed by atoms with Crippen LogP contribution in [0.25, 0.3) is 0 Å². The summed E-state index contributed by atoms with van der Waals surface area (Å²) in [5, 5.41) is 9.06. The Morgan fingerprint density at radius 1 is 0.960 bits per heavy atom. The standard InChI is InChI=1S/C18H22N6O/c25-11-6-12-4-2-1-3-5-13-14(12)16(18-21-9-10-22-18)24-23-15(13)17-19-7-8-20-17/h7-14H,1-6H2,(H,19,20)(H,21,22). The number of carbonyl (C=O) groups is 1. The van der Waals surface area contributed by atoms with Crippen LogP contribution in [0.1, 0.15) is 50.2 Å². The number of rotatable bonds is 4. The molecular weight excluding hydrogens is 316 g/mol. The summed E-state index contributed by atoms with van der Waals surface area (Å²) < 4.78 is 0. The fourth-order valence-corrected chi connectivity index (χ4v) is 4.23. The lowest BCUT2D eigenvalue weighted by Crippen LogP contribution is -2.40. The summed E-state index contributed by atoms with van der Waals surface area (Å²) in [5.41, 5.74) is 1.78. The molecular formula is C18H22N6O. The number of carbonyl (C=O) groups excluding carboxylic acids is 1. The van der Waals surface area contributed by atoms with Gasteiger partial charge in [-0.05, 0) is 18.8 Å². The molecule has 0 spiro atoms. The van der Waals surface area contributed by atoms with Crippen molar-refractivity contribution in [1.29, 1.82) is 0 Å². The largest absolute Gasteiger partial charge is 0.344 e. The van der Waals surface area contributed by atoms with Crippen molar-refractivity contribution in [3.8, 4) is 0 Å². The van der Waals surface area contributed by atoms with Crippen molar-refractivity contribution in [2.45, 2.75) is 38.5 Å². The van der Waals surface area contributed by atoms with Crippen LogP contribution in [0.2, 0.25) is 0 Å². The topological polar surface area (TPSA) is 99.2 Å². The van der Waals surface area contributed by atoms with Gasteiger partial charge < -0.3 is 14.8 Å². The van der Waals surface area contributed by atoms with Crippen LogP contribution in [0.5, 0.6) is 0 Å². The molecule has 0 saturated heterocycles. The Balaban J connectivity index is 1.80. The number of nitrogens with one attached hydrogen (secondary N) is 2. The van der Waals surface area contributed by atoms with Gasteiger partial charge in [-0.2, -0.15) is 10.2 Å². The smallest absolute Gasteiger partial charge is 0.153 e. The highest BCUT2D eigenvalue weighted by atomic mass is 16.1. The van der Waals surface area contributed by atoms with Crippen molar-refractivity contribution in [3.05, 3.63) is 36.4 Å². The van der Waals surface area contributed by atoms with E-state index >= 15 is 0 Å². The van der Waals surface area contributed by atoms with E-state index in [4.69, 9.17) is 0 Å². The Hall–Kier alpha value is -2.57. The second kappa shape index (κ2) is 7.13. The van der Waals surface area contributed by atoms with Gasteiger partial charge in [-0.3, -0.25) is 0 Å². The summed E-state index contributed by atoms with van der Waals surface area (Å²) >= 11 is 0. The molecule has 0 amide bonds. The SMILES string of the molecule is O=CCC1CCCCCC2C(c3ncc[nH]3)=NN=C(c3ncc[nH]3)C12. The number of hydrogen-bond acceptors (Lipinski definition) is 5. The molecule has 130 valence electrons. The molecule has 25 heavy (non-hydrogen) atoms. The molecule has 0 aromatic carbocycles. The summed E-state index contributed by atoms with van der Waals surface area (Å²) in [6.07, 6.45) is 14.2.